The van der Waals surface area contributed by atoms with Gasteiger partial charge in [0.25, 0.3) is 0 Å². The van der Waals surface area contributed by atoms with Crippen LogP contribution in [0.4, 0.5) is 0 Å². The Morgan fingerprint density at radius 1 is 1.14 bits per heavy atom. The Bertz CT molecular complexity index is 449. The standard InChI is InChI=1S/C18H29NOS/c1-14(2)16-8-10-17(11-9-16)18(19-3)13-21(20)12-15-6-4-5-7-15/h8-11,14-15,18-19H,4-7,12-13H2,1-3H3. The van der Waals surface area contributed by atoms with Crippen LogP contribution < -0.4 is 5.32 Å². The van der Waals surface area contributed by atoms with Crippen LogP contribution in [0.2, 0.25) is 0 Å². The molecule has 0 amide bonds. The number of hydrogen-bond donors (Lipinski definition) is 1. The molecule has 0 bridgehead atoms. The maximum Gasteiger partial charge on any atom is 0.0434 e. The molecule has 0 saturated heterocycles. The van der Waals surface area contributed by atoms with Crippen LogP contribution in [-0.2, 0) is 10.8 Å². The monoisotopic (exact) mass is 307 g/mol. The van der Waals surface area contributed by atoms with Gasteiger partial charge in [-0.25, -0.2) is 0 Å². The topological polar surface area (TPSA) is 29.1 Å². The Balaban J connectivity index is 1.93. The first-order chi connectivity index (χ1) is 10.1. The van der Waals surface area contributed by atoms with Gasteiger partial charge < -0.3 is 5.32 Å². The van der Waals surface area contributed by atoms with Gasteiger partial charge in [-0.1, -0.05) is 51.0 Å². The van der Waals surface area contributed by atoms with Gasteiger partial charge in [0.2, 0.25) is 0 Å². The molecule has 2 unspecified atom stereocenters. The average molecular weight is 308 g/mol. The third-order valence-corrected chi connectivity index (χ3v) is 6.15. The molecule has 1 aromatic carbocycles. The minimum atomic E-state index is -0.717. The summed E-state index contributed by atoms with van der Waals surface area (Å²) in [5, 5.41) is 3.33. The van der Waals surface area contributed by atoms with Crippen molar-refractivity contribution >= 4 is 10.8 Å². The van der Waals surface area contributed by atoms with E-state index in [2.05, 4.69) is 43.4 Å². The first-order valence-corrected chi connectivity index (χ1v) is 9.71. The highest BCUT2D eigenvalue weighted by molar-refractivity contribution is 7.85. The van der Waals surface area contributed by atoms with Crippen LogP contribution in [0.1, 0.15) is 62.6 Å². The number of nitrogens with one attached hydrogen (secondary N) is 1. The van der Waals surface area contributed by atoms with Gasteiger partial charge in [0.15, 0.2) is 0 Å². The summed E-state index contributed by atoms with van der Waals surface area (Å²) in [6.45, 7) is 4.42. The Labute approximate surface area is 132 Å². The number of benzene rings is 1. The van der Waals surface area contributed by atoms with Gasteiger partial charge in [-0.05, 0) is 42.9 Å². The van der Waals surface area contributed by atoms with E-state index in [0.717, 1.165) is 11.5 Å². The van der Waals surface area contributed by atoms with Gasteiger partial charge in [-0.3, -0.25) is 4.21 Å². The lowest BCUT2D eigenvalue weighted by molar-refractivity contribution is 0.594. The third kappa shape index (κ3) is 4.93. The van der Waals surface area contributed by atoms with Crippen molar-refractivity contribution in [1.29, 1.82) is 0 Å². The highest BCUT2D eigenvalue weighted by Gasteiger charge is 2.20. The van der Waals surface area contributed by atoms with E-state index in [4.69, 9.17) is 0 Å². The normalized spacial score (nSPS) is 19.0. The molecular formula is C18H29NOS. The lowest BCUT2D eigenvalue weighted by atomic mass is 10.00. The van der Waals surface area contributed by atoms with E-state index >= 15 is 0 Å². The summed E-state index contributed by atoms with van der Waals surface area (Å²) in [7, 11) is 1.25. The van der Waals surface area contributed by atoms with E-state index in [1.54, 1.807) is 0 Å². The molecule has 0 radical (unpaired) electrons. The van der Waals surface area contributed by atoms with Crippen LogP contribution in [0.3, 0.4) is 0 Å². The molecule has 118 valence electrons. The summed E-state index contributed by atoms with van der Waals surface area (Å²) in [4.78, 5) is 0. The molecule has 1 aromatic rings. The fourth-order valence-electron chi connectivity index (χ4n) is 3.15. The van der Waals surface area contributed by atoms with Crippen molar-refractivity contribution in [3.8, 4) is 0 Å². The molecule has 1 aliphatic carbocycles. The Kier molecular flexibility index (Phi) is 6.43. The largest absolute Gasteiger partial charge is 0.312 e. The molecule has 21 heavy (non-hydrogen) atoms. The molecule has 0 heterocycles. The van der Waals surface area contributed by atoms with Crippen molar-refractivity contribution < 1.29 is 4.21 Å². The van der Waals surface area contributed by atoms with Crippen molar-refractivity contribution in [2.75, 3.05) is 18.6 Å². The minimum absolute atomic E-state index is 0.202. The molecule has 0 aliphatic heterocycles. The molecule has 1 N–H and O–H groups in total. The van der Waals surface area contributed by atoms with Crippen LogP contribution in [0, 0.1) is 5.92 Å². The van der Waals surface area contributed by atoms with Gasteiger partial charge >= 0.3 is 0 Å². The molecule has 1 fully saturated rings. The highest BCUT2D eigenvalue weighted by Crippen LogP contribution is 2.26. The zero-order valence-corrected chi connectivity index (χ0v) is 14.4. The van der Waals surface area contributed by atoms with Gasteiger partial charge in [-0.15, -0.1) is 0 Å². The zero-order valence-electron chi connectivity index (χ0n) is 13.6. The number of rotatable bonds is 7. The predicted octanol–water partition coefficient (Wildman–Crippen LogP) is 4.01. The lowest BCUT2D eigenvalue weighted by Crippen LogP contribution is -2.25. The molecule has 3 heteroatoms. The first-order valence-electron chi connectivity index (χ1n) is 8.22. The van der Waals surface area contributed by atoms with Crippen molar-refractivity contribution in [2.24, 2.45) is 5.92 Å². The molecule has 1 saturated carbocycles. The first kappa shape index (κ1) is 16.7. The second-order valence-corrected chi connectivity index (χ2v) is 8.13. The molecular weight excluding hydrogens is 278 g/mol. The fourth-order valence-corrected chi connectivity index (χ4v) is 4.88. The summed E-state index contributed by atoms with van der Waals surface area (Å²) in [5.41, 5.74) is 2.61. The van der Waals surface area contributed by atoms with Crippen molar-refractivity contribution in [3.63, 3.8) is 0 Å². The van der Waals surface area contributed by atoms with Crippen molar-refractivity contribution in [2.45, 2.75) is 51.5 Å². The second kappa shape index (κ2) is 8.09. The van der Waals surface area contributed by atoms with Gasteiger partial charge in [0.05, 0.1) is 0 Å². The zero-order chi connectivity index (χ0) is 15.2. The molecule has 2 rings (SSSR count). The SMILES string of the molecule is CNC(CS(=O)CC1CCCC1)c1ccc(C(C)C)cc1. The van der Waals surface area contributed by atoms with E-state index in [1.165, 1.54) is 36.8 Å². The highest BCUT2D eigenvalue weighted by atomic mass is 32.2. The molecule has 0 aromatic heterocycles. The molecule has 1 aliphatic rings. The van der Waals surface area contributed by atoms with Crippen LogP contribution in [-0.4, -0.2) is 22.8 Å². The molecule has 2 atom stereocenters. The fraction of sp³-hybridized carbons (Fsp3) is 0.667. The average Bonchev–Trinajstić information content (AvgIpc) is 2.97. The van der Waals surface area contributed by atoms with Gasteiger partial charge in [0, 0.05) is 28.3 Å². The van der Waals surface area contributed by atoms with Crippen LogP contribution >= 0.6 is 0 Å². The van der Waals surface area contributed by atoms with Crippen molar-refractivity contribution in [1.82, 2.24) is 5.32 Å². The van der Waals surface area contributed by atoms with Gasteiger partial charge in [0.1, 0.15) is 0 Å². The van der Waals surface area contributed by atoms with Gasteiger partial charge in [-0.2, -0.15) is 0 Å². The summed E-state index contributed by atoms with van der Waals surface area (Å²) < 4.78 is 12.4. The van der Waals surface area contributed by atoms with Crippen molar-refractivity contribution in [3.05, 3.63) is 35.4 Å². The Morgan fingerprint density at radius 3 is 2.24 bits per heavy atom. The minimum Gasteiger partial charge on any atom is -0.312 e. The van der Waals surface area contributed by atoms with E-state index in [1.807, 2.05) is 7.05 Å². The smallest absolute Gasteiger partial charge is 0.0434 e. The molecule has 0 spiro atoms. The van der Waals surface area contributed by atoms with Crippen LogP contribution in [0.5, 0.6) is 0 Å². The lowest BCUT2D eigenvalue weighted by Gasteiger charge is -2.18. The Morgan fingerprint density at radius 2 is 1.71 bits per heavy atom. The number of hydrogen-bond acceptors (Lipinski definition) is 2. The van der Waals surface area contributed by atoms with E-state index in [-0.39, 0.29) is 6.04 Å². The third-order valence-electron chi connectivity index (χ3n) is 4.60. The summed E-state index contributed by atoms with van der Waals surface area (Å²) >= 11 is 0. The molecule has 2 nitrogen and oxygen atoms in total. The maximum absolute atomic E-state index is 12.4. The van der Waals surface area contributed by atoms with E-state index in [0.29, 0.717) is 11.8 Å². The quantitative estimate of drug-likeness (QED) is 0.824. The van der Waals surface area contributed by atoms with E-state index < -0.39 is 10.8 Å². The van der Waals surface area contributed by atoms with E-state index in [9.17, 15) is 4.21 Å². The summed E-state index contributed by atoms with van der Waals surface area (Å²) in [5.74, 6) is 2.88. The van der Waals surface area contributed by atoms with Crippen LogP contribution in [0.25, 0.3) is 0 Å². The predicted molar refractivity (Wildman–Crippen MR) is 92.2 cm³/mol. The summed E-state index contributed by atoms with van der Waals surface area (Å²) in [6.07, 6.45) is 5.21. The Hall–Kier alpha value is -0.670. The summed E-state index contributed by atoms with van der Waals surface area (Å²) in [6, 6.07) is 8.97. The van der Waals surface area contributed by atoms with Crippen LogP contribution in [0.15, 0.2) is 24.3 Å². The second-order valence-electron chi connectivity index (χ2n) is 6.59. The maximum atomic E-state index is 12.4.